The van der Waals surface area contributed by atoms with Crippen molar-refractivity contribution in [3.8, 4) is 11.5 Å². The van der Waals surface area contributed by atoms with Crippen molar-refractivity contribution in [3.63, 3.8) is 0 Å². The van der Waals surface area contributed by atoms with Crippen LogP contribution in [-0.4, -0.2) is 34.5 Å². The van der Waals surface area contributed by atoms with Gasteiger partial charge < -0.3 is 10.6 Å². The lowest BCUT2D eigenvalue weighted by Crippen LogP contribution is -2.32. The second kappa shape index (κ2) is 7.25. The lowest BCUT2D eigenvalue weighted by molar-refractivity contribution is -0.116. The Morgan fingerprint density at radius 3 is 2.59 bits per heavy atom. The van der Waals surface area contributed by atoms with E-state index in [-0.39, 0.29) is 17.9 Å². The van der Waals surface area contributed by atoms with Crippen molar-refractivity contribution in [1.82, 2.24) is 15.0 Å². The SMILES string of the molecule is Cc1ccnc(-c2nc3c(c(N(C)CC(N)=O)n2)CCCC3)c1C(C)(C)C. The largest absolute Gasteiger partial charge is 0.368 e. The molecule has 0 unspecified atom stereocenters. The van der Waals surface area contributed by atoms with Crippen molar-refractivity contribution in [3.05, 3.63) is 34.6 Å². The fourth-order valence-corrected chi connectivity index (χ4v) is 3.98. The molecule has 0 aliphatic heterocycles. The van der Waals surface area contributed by atoms with E-state index in [0.717, 1.165) is 54.0 Å². The fraction of sp³-hybridized carbons (Fsp3) is 0.524. The first kappa shape index (κ1) is 19.3. The molecule has 0 fully saturated rings. The molecule has 6 nitrogen and oxygen atoms in total. The second-order valence-corrected chi connectivity index (χ2v) is 8.43. The molecule has 1 aliphatic carbocycles. The molecule has 0 bridgehead atoms. The van der Waals surface area contributed by atoms with E-state index in [9.17, 15) is 4.79 Å². The molecule has 144 valence electrons. The van der Waals surface area contributed by atoms with E-state index in [1.807, 2.05) is 24.2 Å². The minimum Gasteiger partial charge on any atom is -0.368 e. The van der Waals surface area contributed by atoms with Crippen LogP contribution in [0.3, 0.4) is 0 Å². The predicted molar refractivity (Wildman–Crippen MR) is 108 cm³/mol. The number of hydrogen-bond donors (Lipinski definition) is 1. The Morgan fingerprint density at radius 1 is 1.22 bits per heavy atom. The number of carbonyl (C=O) groups is 1. The van der Waals surface area contributed by atoms with Crippen LogP contribution in [0.5, 0.6) is 0 Å². The van der Waals surface area contributed by atoms with E-state index in [1.165, 1.54) is 5.56 Å². The topological polar surface area (TPSA) is 85.0 Å². The molecule has 0 aromatic carbocycles. The van der Waals surface area contributed by atoms with Gasteiger partial charge in [-0.1, -0.05) is 20.8 Å². The van der Waals surface area contributed by atoms with Crippen LogP contribution in [0.2, 0.25) is 0 Å². The van der Waals surface area contributed by atoms with Crippen LogP contribution in [0.4, 0.5) is 5.82 Å². The fourth-order valence-electron chi connectivity index (χ4n) is 3.98. The maximum Gasteiger partial charge on any atom is 0.236 e. The third kappa shape index (κ3) is 3.94. The summed E-state index contributed by atoms with van der Waals surface area (Å²) in [5.74, 6) is 1.07. The first-order chi connectivity index (χ1) is 12.7. The average molecular weight is 367 g/mol. The van der Waals surface area contributed by atoms with Gasteiger partial charge in [-0.3, -0.25) is 9.78 Å². The van der Waals surface area contributed by atoms with Crippen LogP contribution in [-0.2, 0) is 23.1 Å². The normalized spacial score (nSPS) is 14.0. The lowest BCUT2D eigenvalue weighted by atomic mass is 9.82. The minimum atomic E-state index is -0.369. The maximum absolute atomic E-state index is 11.5. The van der Waals surface area contributed by atoms with Gasteiger partial charge in [-0.15, -0.1) is 0 Å². The Labute approximate surface area is 161 Å². The lowest BCUT2D eigenvalue weighted by Gasteiger charge is -2.27. The van der Waals surface area contributed by atoms with Crippen LogP contribution >= 0.6 is 0 Å². The standard InChI is InChI=1S/C21H29N5O/c1-13-10-11-23-18(17(13)21(2,3)4)19-24-15-9-7-6-8-14(15)20(25-19)26(5)12-16(22)27/h10-11H,6-9,12H2,1-5H3,(H2,22,27). The predicted octanol–water partition coefficient (Wildman–Crippen LogP) is 2.94. The van der Waals surface area contributed by atoms with E-state index >= 15 is 0 Å². The Bertz CT molecular complexity index is 870. The number of nitrogens with zero attached hydrogens (tertiary/aromatic N) is 4. The van der Waals surface area contributed by atoms with Gasteiger partial charge in [0, 0.05) is 24.5 Å². The molecule has 1 amide bonds. The van der Waals surface area contributed by atoms with Crippen LogP contribution in [0.15, 0.2) is 12.3 Å². The first-order valence-electron chi connectivity index (χ1n) is 9.54. The first-order valence-corrected chi connectivity index (χ1v) is 9.54. The minimum absolute atomic E-state index is 0.0772. The van der Waals surface area contributed by atoms with Crippen molar-refractivity contribution in [2.24, 2.45) is 5.73 Å². The van der Waals surface area contributed by atoms with E-state index in [1.54, 1.807) is 0 Å². The van der Waals surface area contributed by atoms with Crippen LogP contribution < -0.4 is 10.6 Å². The second-order valence-electron chi connectivity index (χ2n) is 8.43. The molecule has 3 rings (SSSR count). The smallest absolute Gasteiger partial charge is 0.236 e. The van der Waals surface area contributed by atoms with E-state index < -0.39 is 0 Å². The highest BCUT2D eigenvalue weighted by atomic mass is 16.1. The van der Waals surface area contributed by atoms with E-state index in [2.05, 4.69) is 32.7 Å². The number of carbonyl (C=O) groups excluding carboxylic acids is 1. The van der Waals surface area contributed by atoms with Gasteiger partial charge in [-0.05, 0) is 55.2 Å². The average Bonchev–Trinajstić information content (AvgIpc) is 2.58. The highest BCUT2D eigenvalue weighted by Crippen LogP contribution is 2.35. The number of rotatable bonds is 4. The molecule has 2 aromatic heterocycles. The Morgan fingerprint density at radius 2 is 1.93 bits per heavy atom. The van der Waals surface area contributed by atoms with Crippen molar-refractivity contribution in [1.29, 1.82) is 0 Å². The Kier molecular flexibility index (Phi) is 5.18. The quantitative estimate of drug-likeness (QED) is 0.898. The summed E-state index contributed by atoms with van der Waals surface area (Å²) >= 11 is 0. The van der Waals surface area contributed by atoms with Crippen LogP contribution in [0.25, 0.3) is 11.5 Å². The number of nitrogens with two attached hydrogens (primary N) is 1. The number of likely N-dealkylation sites (N-methyl/N-ethyl adjacent to an activating group) is 1. The van der Waals surface area contributed by atoms with Gasteiger partial charge in [-0.2, -0.15) is 0 Å². The number of aromatic nitrogens is 3. The number of anilines is 1. The van der Waals surface area contributed by atoms with Gasteiger partial charge in [0.1, 0.15) is 11.5 Å². The zero-order valence-corrected chi connectivity index (χ0v) is 17.0. The summed E-state index contributed by atoms with van der Waals surface area (Å²) in [5.41, 5.74) is 10.7. The highest BCUT2D eigenvalue weighted by Gasteiger charge is 2.26. The maximum atomic E-state index is 11.5. The van der Waals surface area contributed by atoms with Gasteiger partial charge in [-0.25, -0.2) is 9.97 Å². The molecule has 1 aliphatic rings. The van der Waals surface area contributed by atoms with Gasteiger partial charge in [0.05, 0.1) is 6.54 Å². The number of aryl methyl sites for hydroxylation is 2. The van der Waals surface area contributed by atoms with Gasteiger partial charge >= 0.3 is 0 Å². The molecular weight excluding hydrogens is 338 g/mol. The van der Waals surface area contributed by atoms with Gasteiger partial charge in [0.2, 0.25) is 5.91 Å². The third-order valence-electron chi connectivity index (χ3n) is 5.04. The van der Waals surface area contributed by atoms with Crippen molar-refractivity contribution >= 4 is 11.7 Å². The van der Waals surface area contributed by atoms with Crippen molar-refractivity contribution in [2.75, 3.05) is 18.5 Å². The molecule has 0 saturated heterocycles. The number of primary amides is 1. The summed E-state index contributed by atoms with van der Waals surface area (Å²) in [6.45, 7) is 8.78. The molecule has 0 radical (unpaired) electrons. The molecule has 2 aromatic rings. The van der Waals surface area contributed by atoms with Crippen molar-refractivity contribution in [2.45, 2.75) is 58.8 Å². The number of fused-ring (bicyclic) bond motifs is 1. The molecule has 2 N–H and O–H groups in total. The Hall–Kier alpha value is -2.50. The van der Waals surface area contributed by atoms with Crippen LogP contribution in [0, 0.1) is 6.92 Å². The Balaban J connectivity index is 2.21. The summed E-state index contributed by atoms with van der Waals surface area (Å²) < 4.78 is 0. The van der Waals surface area contributed by atoms with Gasteiger partial charge in [0.25, 0.3) is 0 Å². The summed E-state index contributed by atoms with van der Waals surface area (Å²) in [5, 5.41) is 0. The molecule has 0 spiro atoms. The summed E-state index contributed by atoms with van der Waals surface area (Å²) in [7, 11) is 1.86. The summed E-state index contributed by atoms with van der Waals surface area (Å²) in [4.78, 5) is 27.7. The van der Waals surface area contributed by atoms with Gasteiger partial charge in [0.15, 0.2) is 5.82 Å². The van der Waals surface area contributed by atoms with E-state index in [4.69, 9.17) is 15.7 Å². The van der Waals surface area contributed by atoms with E-state index in [0.29, 0.717) is 5.82 Å². The molecular formula is C21H29N5O. The molecule has 27 heavy (non-hydrogen) atoms. The monoisotopic (exact) mass is 367 g/mol. The van der Waals surface area contributed by atoms with Crippen molar-refractivity contribution < 1.29 is 4.79 Å². The molecule has 0 saturated carbocycles. The third-order valence-corrected chi connectivity index (χ3v) is 5.04. The summed E-state index contributed by atoms with van der Waals surface area (Å²) in [6, 6.07) is 2.03. The van der Waals surface area contributed by atoms with Crippen LogP contribution in [0.1, 0.15) is 56.0 Å². The zero-order chi connectivity index (χ0) is 19.8. The number of amides is 1. The number of hydrogen-bond acceptors (Lipinski definition) is 5. The number of pyridine rings is 1. The molecule has 0 atom stereocenters. The molecule has 2 heterocycles. The summed E-state index contributed by atoms with van der Waals surface area (Å²) in [6.07, 6.45) is 5.91. The highest BCUT2D eigenvalue weighted by molar-refractivity contribution is 5.79. The zero-order valence-electron chi connectivity index (χ0n) is 17.0. The molecule has 6 heteroatoms.